The molecule has 0 amide bonds. The van der Waals surface area contributed by atoms with Crippen molar-refractivity contribution in [3.63, 3.8) is 0 Å². The Morgan fingerprint density at radius 1 is 1.47 bits per heavy atom. The maximum Gasteiger partial charge on any atom is 0.126 e. The first-order valence-electron chi connectivity index (χ1n) is 5.24. The van der Waals surface area contributed by atoms with E-state index in [1.54, 1.807) is 13.0 Å². The molecular formula is C12H18FNO. The Morgan fingerprint density at radius 3 is 2.67 bits per heavy atom. The normalized spacial score (nSPS) is 12.6. The van der Waals surface area contributed by atoms with E-state index in [0.717, 1.165) is 12.0 Å². The van der Waals surface area contributed by atoms with Gasteiger partial charge in [-0.25, -0.2) is 4.39 Å². The fourth-order valence-corrected chi connectivity index (χ4v) is 1.36. The summed E-state index contributed by atoms with van der Waals surface area (Å²) in [5.41, 5.74) is 7.08. The number of aryl methyl sites for hydroxylation is 1. The minimum atomic E-state index is -0.230. The van der Waals surface area contributed by atoms with E-state index in [0.29, 0.717) is 17.9 Å². The van der Waals surface area contributed by atoms with Crippen molar-refractivity contribution in [1.29, 1.82) is 0 Å². The van der Waals surface area contributed by atoms with Crippen LogP contribution in [0.4, 0.5) is 4.39 Å². The monoisotopic (exact) mass is 211 g/mol. The van der Waals surface area contributed by atoms with Gasteiger partial charge in [-0.3, -0.25) is 0 Å². The molecule has 0 bridgehead atoms. The largest absolute Gasteiger partial charge is 0.493 e. The molecule has 0 aliphatic carbocycles. The topological polar surface area (TPSA) is 35.2 Å². The zero-order valence-corrected chi connectivity index (χ0v) is 9.51. The molecule has 0 saturated heterocycles. The molecule has 84 valence electrons. The molecule has 0 saturated carbocycles. The van der Waals surface area contributed by atoms with E-state index in [4.69, 9.17) is 10.5 Å². The lowest BCUT2D eigenvalue weighted by molar-refractivity contribution is 0.312. The van der Waals surface area contributed by atoms with Crippen molar-refractivity contribution in [3.8, 4) is 5.75 Å². The van der Waals surface area contributed by atoms with Crippen molar-refractivity contribution in [2.45, 2.75) is 33.2 Å². The third kappa shape index (κ3) is 2.93. The van der Waals surface area contributed by atoms with Crippen LogP contribution in [0.2, 0.25) is 0 Å². The summed E-state index contributed by atoms with van der Waals surface area (Å²) >= 11 is 0. The van der Waals surface area contributed by atoms with Crippen LogP contribution in [0.25, 0.3) is 0 Å². The number of nitrogens with two attached hydrogens (primary N) is 1. The van der Waals surface area contributed by atoms with Crippen LogP contribution in [0.3, 0.4) is 0 Å². The van der Waals surface area contributed by atoms with Crippen LogP contribution in [-0.2, 0) is 0 Å². The molecule has 0 spiro atoms. The van der Waals surface area contributed by atoms with Crippen molar-refractivity contribution in [2.75, 3.05) is 6.61 Å². The summed E-state index contributed by atoms with van der Waals surface area (Å²) in [4.78, 5) is 0. The van der Waals surface area contributed by atoms with Crippen LogP contribution in [0, 0.1) is 12.7 Å². The van der Waals surface area contributed by atoms with E-state index >= 15 is 0 Å². The van der Waals surface area contributed by atoms with E-state index in [-0.39, 0.29) is 11.9 Å². The summed E-state index contributed by atoms with van der Waals surface area (Å²) in [6, 6.07) is 2.96. The second-order valence-electron chi connectivity index (χ2n) is 3.78. The summed E-state index contributed by atoms with van der Waals surface area (Å²) in [5, 5.41) is 0. The van der Waals surface area contributed by atoms with E-state index in [2.05, 4.69) is 0 Å². The Balaban J connectivity index is 3.04. The standard InChI is InChI=1S/C12H18FNO/c1-4-5-15-12-6-8(2)11(13)7-10(12)9(3)14/h6-7,9H,4-5,14H2,1-3H3. The molecule has 2 N–H and O–H groups in total. The molecule has 0 fully saturated rings. The fraction of sp³-hybridized carbons (Fsp3) is 0.500. The van der Waals surface area contributed by atoms with E-state index in [1.807, 2.05) is 13.8 Å². The fourth-order valence-electron chi connectivity index (χ4n) is 1.36. The lowest BCUT2D eigenvalue weighted by atomic mass is 10.1. The highest BCUT2D eigenvalue weighted by molar-refractivity contribution is 5.39. The summed E-state index contributed by atoms with van der Waals surface area (Å²) in [6.07, 6.45) is 0.925. The van der Waals surface area contributed by atoms with Crippen molar-refractivity contribution in [2.24, 2.45) is 5.73 Å². The van der Waals surface area contributed by atoms with Crippen LogP contribution in [-0.4, -0.2) is 6.61 Å². The van der Waals surface area contributed by atoms with Gasteiger partial charge >= 0.3 is 0 Å². The predicted octanol–water partition coefficient (Wildman–Crippen LogP) is 2.94. The van der Waals surface area contributed by atoms with Gasteiger partial charge in [-0.05, 0) is 38.0 Å². The van der Waals surface area contributed by atoms with Crippen LogP contribution in [0.5, 0.6) is 5.75 Å². The Bertz CT molecular complexity index is 337. The van der Waals surface area contributed by atoms with Gasteiger partial charge in [0.2, 0.25) is 0 Å². The minimum Gasteiger partial charge on any atom is -0.493 e. The van der Waals surface area contributed by atoms with Crippen molar-refractivity contribution < 1.29 is 9.13 Å². The van der Waals surface area contributed by atoms with E-state index in [9.17, 15) is 4.39 Å². The summed E-state index contributed by atoms with van der Waals surface area (Å²) in [7, 11) is 0. The smallest absolute Gasteiger partial charge is 0.126 e. The average Bonchev–Trinajstić information content (AvgIpc) is 2.19. The van der Waals surface area contributed by atoms with Crippen LogP contribution >= 0.6 is 0 Å². The zero-order valence-electron chi connectivity index (χ0n) is 9.51. The van der Waals surface area contributed by atoms with E-state index in [1.165, 1.54) is 6.07 Å². The second-order valence-corrected chi connectivity index (χ2v) is 3.78. The highest BCUT2D eigenvalue weighted by Crippen LogP contribution is 2.27. The van der Waals surface area contributed by atoms with Gasteiger partial charge in [0.05, 0.1) is 6.61 Å². The molecule has 0 aromatic heterocycles. The van der Waals surface area contributed by atoms with Gasteiger partial charge in [0, 0.05) is 11.6 Å². The molecule has 1 rings (SSSR count). The quantitative estimate of drug-likeness (QED) is 0.831. The molecule has 1 aromatic rings. The maximum absolute atomic E-state index is 13.3. The van der Waals surface area contributed by atoms with Crippen molar-refractivity contribution >= 4 is 0 Å². The maximum atomic E-state index is 13.3. The molecule has 1 unspecified atom stereocenters. The zero-order chi connectivity index (χ0) is 11.4. The molecule has 0 aliphatic rings. The number of rotatable bonds is 4. The highest BCUT2D eigenvalue weighted by atomic mass is 19.1. The molecule has 0 radical (unpaired) electrons. The second kappa shape index (κ2) is 5.12. The van der Waals surface area contributed by atoms with Gasteiger partial charge in [-0.1, -0.05) is 6.92 Å². The van der Waals surface area contributed by atoms with Crippen LogP contribution in [0.15, 0.2) is 12.1 Å². The number of hydrogen-bond acceptors (Lipinski definition) is 2. The van der Waals surface area contributed by atoms with Crippen LogP contribution in [0.1, 0.15) is 37.4 Å². The molecule has 0 heterocycles. The lowest BCUT2D eigenvalue weighted by Crippen LogP contribution is -2.09. The van der Waals surface area contributed by atoms with Crippen molar-refractivity contribution in [3.05, 3.63) is 29.1 Å². The Kier molecular flexibility index (Phi) is 4.09. The van der Waals surface area contributed by atoms with Crippen LogP contribution < -0.4 is 10.5 Å². The minimum absolute atomic E-state index is 0.216. The third-order valence-corrected chi connectivity index (χ3v) is 2.24. The average molecular weight is 211 g/mol. The van der Waals surface area contributed by atoms with Gasteiger partial charge < -0.3 is 10.5 Å². The molecular weight excluding hydrogens is 193 g/mol. The summed E-state index contributed by atoms with van der Waals surface area (Å²) in [6.45, 7) is 6.20. The Hall–Kier alpha value is -1.09. The van der Waals surface area contributed by atoms with Gasteiger partial charge in [-0.2, -0.15) is 0 Å². The first-order chi connectivity index (χ1) is 7.06. The van der Waals surface area contributed by atoms with Gasteiger partial charge in [0.25, 0.3) is 0 Å². The molecule has 2 nitrogen and oxygen atoms in total. The molecule has 1 atom stereocenters. The molecule has 1 aromatic carbocycles. The lowest BCUT2D eigenvalue weighted by Gasteiger charge is -2.14. The highest BCUT2D eigenvalue weighted by Gasteiger charge is 2.11. The first kappa shape index (κ1) is 12.0. The SMILES string of the molecule is CCCOc1cc(C)c(F)cc1C(C)N. The van der Waals surface area contributed by atoms with Gasteiger partial charge in [-0.15, -0.1) is 0 Å². The number of halogens is 1. The number of benzene rings is 1. The van der Waals surface area contributed by atoms with Gasteiger partial charge in [0.1, 0.15) is 11.6 Å². The van der Waals surface area contributed by atoms with Crippen molar-refractivity contribution in [1.82, 2.24) is 0 Å². The number of hydrogen-bond donors (Lipinski definition) is 1. The number of ether oxygens (including phenoxy) is 1. The Labute approximate surface area is 90.2 Å². The Morgan fingerprint density at radius 2 is 2.13 bits per heavy atom. The molecule has 3 heteroatoms. The van der Waals surface area contributed by atoms with Gasteiger partial charge in [0.15, 0.2) is 0 Å². The first-order valence-corrected chi connectivity index (χ1v) is 5.24. The molecule has 15 heavy (non-hydrogen) atoms. The summed E-state index contributed by atoms with van der Waals surface area (Å²) < 4.78 is 18.9. The summed E-state index contributed by atoms with van der Waals surface area (Å²) in [5.74, 6) is 0.469. The van der Waals surface area contributed by atoms with E-state index < -0.39 is 0 Å². The molecule has 0 aliphatic heterocycles. The predicted molar refractivity (Wildman–Crippen MR) is 59.5 cm³/mol. The third-order valence-electron chi connectivity index (χ3n) is 2.24.